The molecule has 1 unspecified atom stereocenters. The Morgan fingerprint density at radius 3 is 2.64 bits per heavy atom. The van der Waals surface area contributed by atoms with Crippen LogP contribution >= 0.6 is 15.9 Å². The Labute approximate surface area is 216 Å². The van der Waals surface area contributed by atoms with Crippen molar-refractivity contribution in [3.63, 3.8) is 0 Å². The summed E-state index contributed by atoms with van der Waals surface area (Å²) in [6.07, 6.45) is 1.66. The number of amides is 1. The van der Waals surface area contributed by atoms with E-state index in [-0.39, 0.29) is 17.1 Å². The number of benzene rings is 3. The number of nitrogens with zero attached hydrogens (tertiary/aromatic N) is 1. The van der Waals surface area contributed by atoms with Crippen LogP contribution in [0.4, 0.5) is 5.69 Å². The standard InChI is InChI=1S/C29H24BrNO5/c1-4-13-35-23-12-10-18(15-24(23)34-5-2)26-25-27(32)21-14-17(3)9-11-22(21)36-28(25)29(33)31(26)20-8-6-7-19(30)16-20/h4,6-12,14-16,26H,1,5,13H2,2-3H3. The number of anilines is 1. The average molecular weight is 546 g/mol. The maximum atomic E-state index is 13.8. The van der Waals surface area contributed by atoms with Crippen LogP contribution in [0, 0.1) is 6.92 Å². The van der Waals surface area contributed by atoms with Gasteiger partial charge in [0, 0.05) is 10.2 Å². The van der Waals surface area contributed by atoms with E-state index in [0.717, 1.165) is 10.0 Å². The van der Waals surface area contributed by atoms with Gasteiger partial charge < -0.3 is 13.9 Å². The highest BCUT2D eigenvalue weighted by Gasteiger charge is 2.44. The third kappa shape index (κ3) is 4.09. The zero-order valence-electron chi connectivity index (χ0n) is 19.9. The summed E-state index contributed by atoms with van der Waals surface area (Å²) in [6.45, 7) is 8.25. The summed E-state index contributed by atoms with van der Waals surface area (Å²) in [7, 11) is 0. The highest BCUT2D eigenvalue weighted by Crippen LogP contribution is 2.43. The van der Waals surface area contributed by atoms with Crippen LogP contribution in [0.15, 0.2) is 87.0 Å². The maximum Gasteiger partial charge on any atom is 0.295 e. The number of carbonyl (C=O) groups is 1. The predicted molar refractivity (Wildman–Crippen MR) is 143 cm³/mol. The van der Waals surface area contributed by atoms with E-state index in [4.69, 9.17) is 13.9 Å². The molecular weight excluding hydrogens is 522 g/mol. The van der Waals surface area contributed by atoms with Crippen molar-refractivity contribution in [3.05, 3.63) is 110 Å². The van der Waals surface area contributed by atoms with E-state index in [2.05, 4.69) is 22.5 Å². The molecule has 7 heteroatoms. The van der Waals surface area contributed by atoms with Crippen molar-refractivity contribution in [2.24, 2.45) is 0 Å². The Bertz CT molecular complexity index is 1560. The molecule has 0 bridgehead atoms. The van der Waals surface area contributed by atoms with Crippen LogP contribution in [0.2, 0.25) is 0 Å². The van der Waals surface area contributed by atoms with Crippen LogP contribution in [-0.2, 0) is 0 Å². The van der Waals surface area contributed by atoms with Crippen molar-refractivity contribution >= 4 is 38.5 Å². The minimum Gasteiger partial charge on any atom is -0.490 e. The van der Waals surface area contributed by atoms with Gasteiger partial charge in [-0.05, 0) is 61.9 Å². The van der Waals surface area contributed by atoms with Crippen molar-refractivity contribution in [3.8, 4) is 11.5 Å². The normalized spacial score (nSPS) is 14.7. The molecule has 1 amide bonds. The maximum absolute atomic E-state index is 13.8. The van der Waals surface area contributed by atoms with Crippen LogP contribution in [0.3, 0.4) is 0 Å². The highest BCUT2D eigenvalue weighted by molar-refractivity contribution is 9.10. The molecule has 0 saturated carbocycles. The molecule has 0 fully saturated rings. The van der Waals surface area contributed by atoms with Gasteiger partial charge in [0.25, 0.3) is 5.91 Å². The Kier molecular flexibility index (Phi) is 6.41. The summed E-state index contributed by atoms with van der Waals surface area (Å²) in [4.78, 5) is 29.2. The predicted octanol–water partition coefficient (Wildman–Crippen LogP) is 6.58. The zero-order valence-corrected chi connectivity index (χ0v) is 21.5. The van der Waals surface area contributed by atoms with Gasteiger partial charge in [0.15, 0.2) is 16.9 Å². The summed E-state index contributed by atoms with van der Waals surface area (Å²) < 4.78 is 18.5. The van der Waals surface area contributed by atoms with E-state index < -0.39 is 6.04 Å². The van der Waals surface area contributed by atoms with E-state index in [0.29, 0.717) is 52.5 Å². The number of halogens is 1. The number of fused-ring (bicyclic) bond motifs is 2. The van der Waals surface area contributed by atoms with Crippen LogP contribution in [0.25, 0.3) is 11.0 Å². The lowest BCUT2D eigenvalue weighted by atomic mass is 9.97. The molecular formula is C29H24BrNO5. The number of aryl methyl sites for hydroxylation is 1. The molecule has 0 spiro atoms. The molecule has 0 N–H and O–H groups in total. The summed E-state index contributed by atoms with van der Waals surface area (Å²) >= 11 is 3.50. The van der Waals surface area contributed by atoms with Crippen LogP contribution in [0.1, 0.15) is 40.2 Å². The Morgan fingerprint density at radius 2 is 1.89 bits per heavy atom. The van der Waals surface area contributed by atoms with Crippen molar-refractivity contribution in [2.75, 3.05) is 18.1 Å². The first-order valence-corrected chi connectivity index (χ1v) is 12.4. The SMILES string of the molecule is C=CCOc1ccc(C2c3c(oc4ccc(C)cc4c3=O)C(=O)N2c2cccc(Br)c2)cc1OCC. The molecule has 0 radical (unpaired) electrons. The van der Waals surface area contributed by atoms with Crippen LogP contribution in [0.5, 0.6) is 11.5 Å². The Hall–Kier alpha value is -3.84. The summed E-state index contributed by atoms with van der Waals surface area (Å²) in [5.41, 5.74) is 2.74. The molecule has 1 atom stereocenters. The molecule has 1 aliphatic heterocycles. The minimum atomic E-state index is -0.712. The molecule has 2 heterocycles. The first kappa shape index (κ1) is 23.9. The molecule has 1 aromatic heterocycles. The molecule has 0 saturated heterocycles. The number of hydrogen-bond donors (Lipinski definition) is 0. The topological polar surface area (TPSA) is 69.0 Å². The van der Waals surface area contributed by atoms with Gasteiger partial charge in [-0.15, -0.1) is 0 Å². The molecule has 36 heavy (non-hydrogen) atoms. The number of rotatable bonds is 7. The van der Waals surface area contributed by atoms with Crippen molar-refractivity contribution in [2.45, 2.75) is 19.9 Å². The van der Waals surface area contributed by atoms with Gasteiger partial charge in [0.05, 0.1) is 23.6 Å². The second-order valence-corrected chi connectivity index (χ2v) is 9.39. The molecule has 182 valence electrons. The lowest BCUT2D eigenvalue weighted by Crippen LogP contribution is -2.29. The smallest absolute Gasteiger partial charge is 0.295 e. The van der Waals surface area contributed by atoms with Gasteiger partial charge in [-0.2, -0.15) is 0 Å². The average Bonchev–Trinajstić information content (AvgIpc) is 3.16. The molecule has 6 nitrogen and oxygen atoms in total. The third-order valence-corrected chi connectivity index (χ3v) is 6.55. The largest absolute Gasteiger partial charge is 0.490 e. The quantitative estimate of drug-likeness (QED) is 0.245. The first-order chi connectivity index (χ1) is 17.4. The van der Waals surface area contributed by atoms with Crippen molar-refractivity contribution < 1.29 is 18.7 Å². The van der Waals surface area contributed by atoms with E-state index in [1.807, 2.05) is 56.3 Å². The van der Waals surface area contributed by atoms with Crippen LogP contribution < -0.4 is 19.8 Å². The summed E-state index contributed by atoms with van der Waals surface area (Å²) in [6, 6.07) is 17.5. The van der Waals surface area contributed by atoms with Gasteiger partial charge in [-0.3, -0.25) is 14.5 Å². The second-order valence-electron chi connectivity index (χ2n) is 8.47. The van der Waals surface area contributed by atoms with E-state index in [1.165, 1.54) is 0 Å². The second kappa shape index (κ2) is 9.66. The van der Waals surface area contributed by atoms with Gasteiger partial charge in [-0.25, -0.2) is 0 Å². The van der Waals surface area contributed by atoms with Gasteiger partial charge >= 0.3 is 0 Å². The van der Waals surface area contributed by atoms with Gasteiger partial charge in [0.2, 0.25) is 5.76 Å². The third-order valence-electron chi connectivity index (χ3n) is 6.05. The highest BCUT2D eigenvalue weighted by atomic mass is 79.9. The molecule has 0 aliphatic carbocycles. The zero-order chi connectivity index (χ0) is 25.4. The fourth-order valence-corrected chi connectivity index (χ4v) is 4.91. The summed E-state index contributed by atoms with van der Waals surface area (Å²) in [5, 5.41) is 0.443. The first-order valence-electron chi connectivity index (χ1n) is 11.6. The monoisotopic (exact) mass is 545 g/mol. The number of ether oxygens (including phenoxy) is 2. The number of hydrogen-bond acceptors (Lipinski definition) is 5. The summed E-state index contributed by atoms with van der Waals surface area (Å²) in [5.74, 6) is 0.747. The van der Waals surface area contributed by atoms with Crippen molar-refractivity contribution in [1.82, 2.24) is 0 Å². The Balaban J connectivity index is 1.76. The molecule has 3 aromatic carbocycles. The van der Waals surface area contributed by atoms with Gasteiger partial charge in [-0.1, -0.05) is 52.3 Å². The minimum absolute atomic E-state index is 0.0475. The number of carbonyl (C=O) groups excluding carboxylic acids is 1. The van der Waals surface area contributed by atoms with Crippen molar-refractivity contribution in [1.29, 1.82) is 0 Å². The fourth-order valence-electron chi connectivity index (χ4n) is 4.53. The lowest BCUT2D eigenvalue weighted by molar-refractivity contribution is 0.0971. The molecule has 1 aliphatic rings. The fraction of sp³-hybridized carbons (Fsp3) is 0.172. The van der Waals surface area contributed by atoms with E-state index >= 15 is 0 Å². The molecule has 5 rings (SSSR count). The van der Waals surface area contributed by atoms with E-state index in [9.17, 15) is 9.59 Å². The van der Waals surface area contributed by atoms with Crippen LogP contribution in [-0.4, -0.2) is 19.1 Å². The molecule has 4 aromatic rings. The lowest BCUT2D eigenvalue weighted by Gasteiger charge is -2.26. The van der Waals surface area contributed by atoms with Gasteiger partial charge in [0.1, 0.15) is 12.2 Å². The van der Waals surface area contributed by atoms with E-state index in [1.54, 1.807) is 29.2 Å². The Morgan fingerprint density at radius 1 is 1.06 bits per heavy atom.